The number of sulfonamides is 1. The Morgan fingerprint density at radius 1 is 1.57 bits per heavy atom. The highest BCUT2D eigenvalue weighted by molar-refractivity contribution is 9.11. The fourth-order valence-corrected chi connectivity index (χ4v) is 6.18. The summed E-state index contributed by atoms with van der Waals surface area (Å²) in [5, 5.41) is 0. The summed E-state index contributed by atoms with van der Waals surface area (Å²) in [6.07, 6.45) is 2.36. The Balaban J connectivity index is 1.59. The number of fused-ring (bicyclic) bond motifs is 1. The molecule has 1 aromatic heterocycles. The molecule has 21 heavy (non-hydrogen) atoms. The molecular weight excluding hydrogens is 376 g/mol. The van der Waals surface area contributed by atoms with Gasteiger partial charge in [-0.05, 0) is 53.9 Å². The van der Waals surface area contributed by atoms with Crippen molar-refractivity contribution in [3.05, 3.63) is 15.4 Å². The van der Waals surface area contributed by atoms with E-state index >= 15 is 0 Å². The first kappa shape index (κ1) is 15.9. The third-order valence-electron chi connectivity index (χ3n) is 4.06. The van der Waals surface area contributed by atoms with Crippen LogP contribution in [0.3, 0.4) is 0 Å². The molecule has 0 aromatic carbocycles. The van der Waals surface area contributed by atoms with Crippen LogP contribution in [-0.4, -0.2) is 51.7 Å². The number of aryl methyl sites for hydroxylation is 1. The second kappa shape index (κ2) is 6.25. The van der Waals surface area contributed by atoms with Gasteiger partial charge in [0.05, 0.1) is 16.5 Å². The van der Waals surface area contributed by atoms with Crippen LogP contribution in [0.5, 0.6) is 0 Å². The number of ether oxygens (including phenoxy) is 1. The van der Waals surface area contributed by atoms with Crippen molar-refractivity contribution >= 4 is 37.3 Å². The van der Waals surface area contributed by atoms with E-state index in [0.29, 0.717) is 16.8 Å². The molecule has 0 saturated carbocycles. The Kier molecular flexibility index (Phi) is 4.73. The standard InChI is InChI=1S/C13H19BrN2O3S2/c1-9-5-12(20-13(9)14)21(17,18)15-6-11-7-16-4-2-3-10(16)8-19-11/h5,10-11,15H,2-4,6-8H2,1H3. The lowest BCUT2D eigenvalue weighted by atomic mass is 10.2. The zero-order valence-electron chi connectivity index (χ0n) is 11.8. The molecule has 3 rings (SSSR count). The first-order valence-corrected chi connectivity index (χ1v) is 10.2. The molecule has 2 saturated heterocycles. The van der Waals surface area contributed by atoms with Gasteiger partial charge in [-0.3, -0.25) is 4.90 Å². The summed E-state index contributed by atoms with van der Waals surface area (Å²) in [4.78, 5) is 2.41. The van der Waals surface area contributed by atoms with Crippen LogP contribution in [0.25, 0.3) is 0 Å². The van der Waals surface area contributed by atoms with Gasteiger partial charge >= 0.3 is 0 Å². The topological polar surface area (TPSA) is 58.6 Å². The van der Waals surface area contributed by atoms with Crippen LogP contribution in [0.2, 0.25) is 0 Å². The first-order chi connectivity index (χ1) is 9.95. The van der Waals surface area contributed by atoms with Gasteiger partial charge in [-0.1, -0.05) is 0 Å². The van der Waals surface area contributed by atoms with E-state index < -0.39 is 10.0 Å². The highest BCUT2D eigenvalue weighted by atomic mass is 79.9. The van der Waals surface area contributed by atoms with Crippen LogP contribution in [0, 0.1) is 6.92 Å². The summed E-state index contributed by atoms with van der Waals surface area (Å²) in [5.74, 6) is 0. The number of thiophene rings is 1. The van der Waals surface area contributed by atoms with Crippen molar-refractivity contribution < 1.29 is 13.2 Å². The SMILES string of the molecule is Cc1cc(S(=O)(=O)NCC2CN3CCCC3CO2)sc1Br. The predicted octanol–water partition coefficient (Wildman–Crippen LogP) is 1.96. The van der Waals surface area contributed by atoms with Gasteiger partial charge < -0.3 is 4.74 Å². The maximum absolute atomic E-state index is 12.3. The van der Waals surface area contributed by atoms with Crippen LogP contribution in [0.4, 0.5) is 0 Å². The lowest BCUT2D eigenvalue weighted by Crippen LogP contribution is -2.49. The van der Waals surface area contributed by atoms with Crippen LogP contribution < -0.4 is 4.72 Å². The van der Waals surface area contributed by atoms with E-state index in [9.17, 15) is 8.42 Å². The molecule has 2 aliphatic heterocycles. The Morgan fingerprint density at radius 2 is 2.38 bits per heavy atom. The molecule has 2 fully saturated rings. The van der Waals surface area contributed by atoms with E-state index in [2.05, 4.69) is 25.6 Å². The fraction of sp³-hybridized carbons (Fsp3) is 0.692. The summed E-state index contributed by atoms with van der Waals surface area (Å²) in [6, 6.07) is 2.23. The molecule has 2 aliphatic rings. The number of hydrogen-bond donors (Lipinski definition) is 1. The minimum absolute atomic E-state index is 0.0568. The number of morpholine rings is 1. The third-order valence-corrected chi connectivity index (χ3v) is 8.10. The van der Waals surface area contributed by atoms with Crippen molar-refractivity contribution in [3.63, 3.8) is 0 Å². The summed E-state index contributed by atoms with van der Waals surface area (Å²) in [6.45, 7) is 4.86. The summed E-state index contributed by atoms with van der Waals surface area (Å²) < 4.78 is 34.2. The molecule has 1 N–H and O–H groups in total. The van der Waals surface area contributed by atoms with Crippen molar-refractivity contribution in [2.45, 2.75) is 36.1 Å². The highest BCUT2D eigenvalue weighted by Gasteiger charge is 2.32. The van der Waals surface area contributed by atoms with Gasteiger partial charge in [0.2, 0.25) is 10.0 Å². The van der Waals surface area contributed by atoms with Gasteiger partial charge in [-0.15, -0.1) is 11.3 Å². The Hall–Kier alpha value is 0.01000. The quantitative estimate of drug-likeness (QED) is 0.847. The molecule has 0 bridgehead atoms. The van der Waals surface area contributed by atoms with Crippen molar-refractivity contribution in [2.24, 2.45) is 0 Å². The van der Waals surface area contributed by atoms with Crippen LogP contribution in [-0.2, 0) is 14.8 Å². The summed E-state index contributed by atoms with van der Waals surface area (Å²) >= 11 is 4.60. The predicted molar refractivity (Wildman–Crippen MR) is 86.3 cm³/mol. The molecule has 8 heteroatoms. The van der Waals surface area contributed by atoms with Crippen molar-refractivity contribution in [2.75, 3.05) is 26.2 Å². The average molecular weight is 395 g/mol. The van der Waals surface area contributed by atoms with E-state index in [4.69, 9.17) is 4.74 Å². The number of hydrogen-bond acceptors (Lipinski definition) is 5. The van der Waals surface area contributed by atoms with Crippen LogP contribution in [0.1, 0.15) is 18.4 Å². The van der Waals surface area contributed by atoms with Gasteiger partial charge in [-0.2, -0.15) is 0 Å². The molecular formula is C13H19BrN2O3S2. The number of nitrogens with one attached hydrogen (secondary N) is 1. The monoisotopic (exact) mass is 394 g/mol. The Labute approximate surface area is 137 Å². The second-order valence-electron chi connectivity index (χ2n) is 5.62. The van der Waals surface area contributed by atoms with Gasteiger partial charge in [0.25, 0.3) is 0 Å². The number of halogens is 1. The van der Waals surface area contributed by atoms with Gasteiger partial charge in [-0.25, -0.2) is 13.1 Å². The van der Waals surface area contributed by atoms with Crippen molar-refractivity contribution in [1.29, 1.82) is 0 Å². The normalized spacial score (nSPS) is 27.0. The van der Waals surface area contributed by atoms with E-state index in [0.717, 1.165) is 29.0 Å². The van der Waals surface area contributed by atoms with E-state index in [1.165, 1.54) is 24.2 Å². The molecule has 2 unspecified atom stereocenters. The lowest BCUT2D eigenvalue weighted by Gasteiger charge is -2.35. The zero-order valence-corrected chi connectivity index (χ0v) is 15.1. The fourth-order valence-electron chi connectivity index (χ4n) is 2.85. The molecule has 0 radical (unpaired) electrons. The average Bonchev–Trinajstić information content (AvgIpc) is 3.04. The minimum Gasteiger partial charge on any atom is -0.374 e. The highest BCUT2D eigenvalue weighted by Crippen LogP contribution is 2.30. The molecule has 3 heterocycles. The van der Waals surface area contributed by atoms with Crippen molar-refractivity contribution in [1.82, 2.24) is 9.62 Å². The first-order valence-electron chi connectivity index (χ1n) is 7.07. The largest absolute Gasteiger partial charge is 0.374 e. The Morgan fingerprint density at radius 3 is 3.10 bits per heavy atom. The number of rotatable bonds is 4. The van der Waals surface area contributed by atoms with E-state index in [1.807, 2.05) is 6.92 Å². The molecule has 2 atom stereocenters. The second-order valence-corrected chi connectivity index (χ2v) is 9.98. The van der Waals surface area contributed by atoms with Gasteiger partial charge in [0, 0.05) is 19.1 Å². The molecule has 0 aliphatic carbocycles. The Bertz CT molecular complexity index is 597. The van der Waals surface area contributed by atoms with Gasteiger partial charge in [0.15, 0.2) is 0 Å². The van der Waals surface area contributed by atoms with Gasteiger partial charge in [0.1, 0.15) is 4.21 Å². The van der Waals surface area contributed by atoms with E-state index in [1.54, 1.807) is 6.07 Å². The lowest BCUT2D eigenvalue weighted by molar-refractivity contribution is -0.0448. The summed E-state index contributed by atoms with van der Waals surface area (Å²) in [7, 11) is -3.44. The maximum Gasteiger partial charge on any atom is 0.250 e. The molecule has 1 aromatic rings. The van der Waals surface area contributed by atoms with E-state index in [-0.39, 0.29) is 6.10 Å². The smallest absolute Gasteiger partial charge is 0.250 e. The van der Waals surface area contributed by atoms with Crippen LogP contribution >= 0.6 is 27.3 Å². The zero-order chi connectivity index (χ0) is 15.0. The minimum atomic E-state index is -3.44. The third kappa shape index (κ3) is 3.51. The number of nitrogens with zero attached hydrogens (tertiary/aromatic N) is 1. The molecule has 5 nitrogen and oxygen atoms in total. The molecule has 0 spiro atoms. The molecule has 118 valence electrons. The molecule has 0 amide bonds. The van der Waals surface area contributed by atoms with Crippen LogP contribution in [0.15, 0.2) is 14.1 Å². The van der Waals surface area contributed by atoms with Crippen molar-refractivity contribution in [3.8, 4) is 0 Å². The summed E-state index contributed by atoms with van der Waals surface area (Å²) in [5.41, 5.74) is 0.939. The maximum atomic E-state index is 12.3.